The van der Waals surface area contributed by atoms with Gasteiger partial charge in [-0.25, -0.2) is 0 Å². The Morgan fingerprint density at radius 3 is 2.38 bits per heavy atom. The molecule has 4 aromatic rings. The molecule has 9 nitrogen and oxygen atoms in total. The molecule has 1 aliphatic rings. The van der Waals surface area contributed by atoms with Crippen LogP contribution in [0.3, 0.4) is 0 Å². The van der Waals surface area contributed by atoms with Gasteiger partial charge in [0.1, 0.15) is 6.54 Å². The van der Waals surface area contributed by atoms with Crippen LogP contribution in [0, 0.1) is 24.0 Å². The van der Waals surface area contributed by atoms with Gasteiger partial charge in [0.15, 0.2) is 0 Å². The quantitative estimate of drug-likeness (QED) is 0.178. The van der Waals surface area contributed by atoms with Gasteiger partial charge in [0, 0.05) is 47.0 Å². The van der Waals surface area contributed by atoms with E-state index in [2.05, 4.69) is 5.32 Å². The average Bonchev–Trinajstić information content (AvgIpc) is 3.38. The number of nitro benzene ring substituents is 1. The third kappa shape index (κ3) is 5.32. The molecule has 10 heteroatoms. The van der Waals surface area contributed by atoms with Crippen LogP contribution in [-0.4, -0.2) is 38.0 Å². The Bertz CT molecular complexity index is 1650. The monoisotopic (exact) mass is 540 g/mol. The minimum absolute atomic E-state index is 0.0234. The zero-order valence-electron chi connectivity index (χ0n) is 21.2. The van der Waals surface area contributed by atoms with Crippen LogP contribution in [0.15, 0.2) is 77.8 Å². The summed E-state index contributed by atoms with van der Waals surface area (Å²) in [5.41, 5.74) is 5.02. The van der Waals surface area contributed by atoms with Crippen molar-refractivity contribution in [3.8, 4) is 0 Å². The number of amides is 3. The second-order valence-electron chi connectivity index (χ2n) is 9.24. The van der Waals surface area contributed by atoms with Crippen LogP contribution in [0.5, 0.6) is 0 Å². The van der Waals surface area contributed by atoms with E-state index in [1.807, 2.05) is 67.1 Å². The maximum atomic E-state index is 13.1. The van der Waals surface area contributed by atoms with Crippen molar-refractivity contribution in [1.29, 1.82) is 0 Å². The number of non-ortho nitro benzene ring substituents is 1. The largest absolute Gasteiger partial charge is 0.342 e. The van der Waals surface area contributed by atoms with Gasteiger partial charge in [-0.1, -0.05) is 48.5 Å². The van der Waals surface area contributed by atoms with E-state index in [1.54, 1.807) is 18.2 Å². The summed E-state index contributed by atoms with van der Waals surface area (Å²) in [5.74, 6) is -0.968. The highest BCUT2D eigenvalue weighted by Gasteiger charge is 2.36. The number of nitro groups is 1. The number of carbonyl (C=O) groups is 3. The summed E-state index contributed by atoms with van der Waals surface area (Å²) in [7, 11) is 0. The van der Waals surface area contributed by atoms with Gasteiger partial charge in [0.25, 0.3) is 16.8 Å². The summed E-state index contributed by atoms with van der Waals surface area (Å²) in [6.45, 7) is 3.84. The molecule has 39 heavy (non-hydrogen) atoms. The maximum Gasteiger partial charge on any atom is 0.294 e. The molecule has 0 atom stereocenters. The van der Waals surface area contributed by atoms with Crippen LogP contribution in [0.25, 0.3) is 17.0 Å². The first kappa shape index (κ1) is 25.9. The SMILES string of the molecule is Cc1cccc(C)c1NC(=O)CN1C(=O)S/C(=C\c2cn(Cc3ccc([N+](=O)[O-])cc3)c3ccccc23)C1=O. The Hall–Kier alpha value is -4.70. The molecule has 1 aliphatic heterocycles. The molecular formula is C29H24N4O5S. The molecule has 196 valence electrons. The lowest BCUT2D eigenvalue weighted by Gasteiger charge is -2.15. The predicted molar refractivity (Wildman–Crippen MR) is 151 cm³/mol. The minimum Gasteiger partial charge on any atom is -0.342 e. The second-order valence-corrected chi connectivity index (χ2v) is 10.2. The van der Waals surface area contributed by atoms with Crippen molar-refractivity contribution in [3.63, 3.8) is 0 Å². The number of benzene rings is 3. The molecule has 2 heterocycles. The van der Waals surface area contributed by atoms with Crippen molar-refractivity contribution in [2.75, 3.05) is 11.9 Å². The summed E-state index contributed by atoms with van der Waals surface area (Å²) >= 11 is 0.803. The lowest BCUT2D eigenvalue weighted by atomic mass is 10.1. The Morgan fingerprint density at radius 1 is 1.00 bits per heavy atom. The zero-order valence-corrected chi connectivity index (χ0v) is 22.0. The summed E-state index contributed by atoms with van der Waals surface area (Å²) in [5, 5.41) is 14.2. The molecular weight excluding hydrogens is 516 g/mol. The first-order valence-electron chi connectivity index (χ1n) is 12.1. The molecule has 0 unspecified atom stereocenters. The number of aryl methyl sites for hydroxylation is 2. The second kappa shape index (κ2) is 10.6. The highest BCUT2D eigenvalue weighted by atomic mass is 32.2. The van der Waals surface area contributed by atoms with Gasteiger partial charge in [-0.3, -0.25) is 29.4 Å². The summed E-state index contributed by atoms with van der Waals surface area (Å²) in [6, 6.07) is 19.7. The standard InChI is InChI=1S/C29H24N4O5S/c1-18-6-5-7-19(2)27(18)30-26(34)17-32-28(35)25(39-29(32)36)14-21-16-31(24-9-4-3-8-23(21)24)15-20-10-12-22(13-11-20)33(37)38/h3-14,16H,15,17H2,1-2H3,(H,30,34)/b25-14-. The molecule has 0 radical (unpaired) electrons. The number of hydrogen-bond donors (Lipinski definition) is 1. The van der Waals surface area contributed by atoms with Gasteiger partial charge in [0.2, 0.25) is 5.91 Å². The van der Waals surface area contributed by atoms with Crippen LogP contribution >= 0.6 is 11.8 Å². The predicted octanol–water partition coefficient (Wildman–Crippen LogP) is 5.89. The molecule has 1 saturated heterocycles. The number of anilines is 1. The summed E-state index contributed by atoms with van der Waals surface area (Å²) in [6.07, 6.45) is 3.55. The average molecular weight is 541 g/mol. The van der Waals surface area contributed by atoms with Crippen molar-refractivity contribution in [1.82, 2.24) is 9.47 Å². The molecule has 0 bridgehead atoms. The highest BCUT2D eigenvalue weighted by molar-refractivity contribution is 8.18. The number of aromatic nitrogens is 1. The number of imide groups is 1. The van der Waals surface area contributed by atoms with Crippen LogP contribution in [0.2, 0.25) is 0 Å². The number of para-hydroxylation sites is 2. The van der Waals surface area contributed by atoms with E-state index in [4.69, 9.17) is 0 Å². The number of carbonyl (C=O) groups excluding carboxylic acids is 3. The third-order valence-corrected chi connectivity index (χ3v) is 7.43. The molecule has 1 N–H and O–H groups in total. The van der Waals surface area contributed by atoms with E-state index in [9.17, 15) is 24.5 Å². The van der Waals surface area contributed by atoms with Crippen molar-refractivity contribution in [2.24, 2.45) is 0 Å². The fourth-order valence-corrected chi connectivity index (χ4v) is 5.38. The zero-order chi connectivity index (χ0) is 27.7. The fourth-order valence-electron chi connectivity index (χ4n) is 4.55. The number of nitrogens with zero attached hydrogens (tertiary/aromatic N) is 3. The van der Waals surface area contributed by atoms with Crippen molar-refractivity contribution < 1.29 is 19.3 Å². The summed E-state index contributed by atoms with van der Waals surface area (Å²) in [4.78, 5) is 50.3. The molecule has 1 fully saturated rings. The first-order valence-corrected chi connectivity index (χ1v) is 13.0. The first-order chi connectivity index (χ1) is 18.7. The van der Waals surface area contributed by atoms with Crippen molar-refractivity contribution in [3.05, 3.63) is 110 Å². The van der Waals surface area contributed by atoms with E-state index in [-0.39, 0.29) is 17.1 Å². The Kier molecular flexibility index (Phi) is 7.03. The fraction of sp³-hybridized carbons (Fsp3) is 0.138. The Morgan fingerprint density at radius 2 is 1.69 bits per heavy atom. The normalized spacial score (nSPS) is 14.4. The van der Waals surface area contributed by atoms with Gasteiger partial charge in [-0.15, -0.1) is 0 Å². The van der Waals surface area contributed by atoms with Crippen LogP contribution in [-0.2, 0) is 16.1 Å². The topological polar surface area (TPSA) is 115 Å². The smallest absolute Gasteiger partial charge is 0.294 e. The molecule has 3 aromatic carbocycles. The van der Waals surface area contributed by atoms with Gasteiger partial charge in [0.05, 0.1) is 9.83 Å². The van der Waals surface area contributed by atoms with Crippen LogP contribution < -0.4 is 5.32 Å². The van der Waals surface area contributed by atoms with Gasteiger partial charge >= 0.3 is 0 Å². The molecule has 0 aliphatic carbocycles. The molecule has 0 saturated carbocycles. The Balaban J connectivity index is 1.37. The highest BCUT2D eigenvalue weighted by Crippen LogP contribution is 2.34. The van der Waals surface area contributed by atoms with Crippen LogP contribution in [0.4, 0.5) is 16.2 Å². The van der Waals surface area contributed by atoms with Crippen molar-refractivity contribution >= 4 is 57.2 Å². The van der Waals surface area contributed by atoms with Gasteiger partial charge in [-0.2, -0.15) is 0 Å². The number of thioether (sulfide) groups is 1. The molecule has 1 aromatic heterocycles. The maximum absolute atomic E-state index is 13.1. The molecule has 5 rings (SSSR count). The lowest BCUT2D eigenvalue weighted by Crippen LogP contribution is -2.36. The molecule has 0 spiro atoms. The van der Waals surface area contributed by atoms with Crippen LogP contribution in [0.1, 0.15) is 22.3 Å². The van der Waals surface area contributed by atoms with Gasteiger partial charge in [-0.05, 0) is 54.4 Å². The van der Waals surface area contributed by atoms with Crippen molar-refractivity contribution in [2.45, 2.75) is 20.4 Å². The number of hydrogen-bond acceptors (Lipinski definition) is 6. The van der Waals surface area contributed by atoms with E-state index in [1.165, 1.54) is 12.1 Å². The van der Waals surface area contributed by atoms with E-state index < -0.39 is 22.0 Å². The number of rotatable bonds is 7. The summed E-state index contributed by atoms with van der Waals surface area (Å²) < 4.78 is 1.99. The van der Waals surface area contributed by atoms with E-state index in [0.717, 1.165) is 49.8 Å². The van der Waals surface area contributed by atoms with E-state index >= 15 is 0 Å². The number of fused-ring (bicyclic) bond motifs is 1. The lowest BCUT2D eigenvalue weighted by molar-refractivity contribution is -0.384. The minimum atomic E-state index is -0.520. The Labute approximate surface area is 228 Å². The van der Waals surface area contributed by atoms with E-state index in [0.29, 0.717) is 12.2 Å². The third-order valence-electron chi connectivity index (χ3n) is 6.53. The van der Waals surface area contributed by atoms with Gasteiger partial charge < -0.3 is 9.88 Å². The number of nitrogens with one attached hydrogen (secondary N) is 1. The molecule has 3 amide bonds.